The maximum atomic E-state index is 12.9. The van der Waals surface area contributed by atoms with E-state index in [1.165, 1.54) is 26.3 Å². The maximum Gasteiger partial charge on any atom is 0.416 e. The number of imide groups is 1. The zero-order valence-corrected chi connectivity index (χ0v) is 30.9. The van der Waals surface area contributed by atoms with Crippen LogP contribution in [0, 0.1) is 0 Å². The van der Waals surface area contributed by atoms with Gasteiger partial charge >= 0.3 is 12.2 Å². The van der Waals surface area contributed by atoms with E-state index in [0.717, 1.165) is 25.7 Å². The summed E-state index contributed by atoms with van der Waals surface area (Å²) in [6.07, 6.45) is 7.63. The molecule has 274 valence electrons. The lowest BCUT2D eigenvalue weighted by molar-refractivity contribution is -0.124. The normalized spacial score (nSPS) is 16.8. The molecule has 2 aliphatic carbocycles. The van der Waals surface area contributed by atoms with Gasteiger partial charge in [-0.1, -0.05) is 23.2 Å². The van der Waals surface area contributed by atoms with Gasteiger partial charge in [0.15, 0.2) is 17.6 Å². The van der Waals surface area contributed by atoms with Gasteiger partial charge in [-0.15, -0.1) is 0 Å². The van der Waals surface area contributed by atoms with Gasteiger partial charge in [-0.2, -0.15) is 19.2 Å². The minimum atomic E-state index is -0.651. The summed E-state index contributed by atoms with van der Waals surface area (Å²) < 4.78 is 14.0. The zero-order chi connectivity index (χ0) is 37.7. The summed E-state index contributed by atoms with van der Waals surface area (Å²) >= 11 is 12.3. The number of aldehydes is 1. The highest BCUT2D eigenvalue weighted by Crippen LogP contribution is 2.36. The molecule has 18 heteroatoms. The Bertz CT molecular complexity index is 2140. The summed E-state index contributed by atoms with van der Waals surface area (Å²) in [5, 5.41) is 11.1. The molecule has 0 atom stereocenters. The molecule has 0 radical (unpaired) electrons. The molecular weight excluding hydrogens is 717 g/mol. The van der Waals surface area contributed by atoms with E-state index < -0.39 is 29.3 Å². The molecule has 1 aliphatic heterocycles. The maximum absolute atomic E-state index is 12.9. The van der Waals surface area contributed by atoms with Crippen LogP contribution in [-0.4, -0.2) is 82.8 Å². The highest BCUT2D eigenvalue weighted by Gasteiger charge is 2.40. The highest BCUT2D eigenvalue weighted by molar-refractivity contribution is 6.30. The van der Waals surface area contributed by atoms with Crippen LogP contribution in [0.3, 0.4) is 0 Å². The fourth-order valence-electron chi connectivity index (χ4n) is 5.35. The fourth-order valence-corrected chi connectivity index (χ4v) is 5.71. The van der Waals surface area contributed by atoms with Gasteiger partial charge in [0.1, 0.15) is 33.1 Å². The van der Waals surface area contributed by atoms with Crippen molar-refractivity contribution in [1.82, 2.24) is 34.5 Å². The molecule has 3 fully saturated rings. The number of fused-ring (bicyclic) bond motifs is 2. The van der Waals surface area contributed by atoms with Crippen LogP contribution in [0.1, 0.15) is 89.6 Å². The fraction of sp³-hybridized carbons (Fsp3) is 0.441. The second-order valence-corrected chi connectivity index (χ2v) is 15.3. The molecule has 0 spiro atoms. The van der Waals surface area contributed by atoms with Crippen LogP contribution < -0.4 is 15.1 Å². The molecule has 5 heterocycles. The number of amides is 4. The predicted molar refractivity (Wildman–Crippen MR) is 191 cm³/mol. The van der Waals surface area contributed by atoms with E-state index in [4.69, 9.17) is 32.7 Å². The van der Waals surface area contributed by atoms with Crippen molar-refractivity contribution in [2.45, 2.75) is 96.9 Å². The van der Waals surface area contributed by atoms with Crippen LogP contribution in [0.25, 0.3) is 17.4 Å². The Kier molecular flexibility index (Phi) is 9.74. The van der Waals surface area contributed by atoms with Crippen LogP contribution in [0.15, 0.2) is 30.1 Å². The van der Waals surface area contributed by atoms with E-state index in [9.17, 15) is 24.0 Å². The summed E-state index contributed by atoms with van der Waals surface area (Å²) in [6, 6.07) is 3.15. The van der Waals surface area contributed by atoms with E-state index in [2.05, 4.69) is 25.5 Å². The molecule has 2 saturated carbocycles. The van der Waals surface area contributed by atoms with Crippen molar-refractivity contribution in [3.05, 3.63) is 51.5 Å². The summed E-state index contributed by atoms with van der Waals surface area (Å²) in [5.41, 5.74) is 0.584. The number of hydrogen-bond acceptors (Lipinski definition) is 11. The van der Waals surface area contributed by atoms with E-state index in [1.807, 2.05) is 20.8 Å². The average molecular weight is 755 g/mol. The van der Waals surface area contributed by atoms with E-state index in [1.54, 1.807) is 43.9 Å². The number of halogens is 2. The van der Waals surface area contributed by atoms with Gasteiger partial charge in [0.2, 0.25) is 5.91 Å². The number of nitrogens with one attached hydrogen (secondary N) is 1. The second-order valence-electron chi connectivity index (χ2n) is 14.5. The molecular formula is C34H37Cl2N9O7. The Hall–Kier alpha value is -5.09. The topological polar surface area (TPSA) is 183 Å². The minimum absolute atomic E-state index is 0.00393. The first-order valence-electron chi connectivity index (χ1n) is 16.6. The third-order valence-electron chi connectivity index (χ3n) is 7.75. The number of carbonyl (C=O) groups is 5. The summed E-state index contributed by atoms with van der Waals surface area (Å²) in [6.45, 7) is 10.8. The highest BCUT2D eigenvalue weighted by atomic mass is 35.5. The van der Waals surface area contributed by atoms with Crippen LogP contribution in [0.5, 0.6) is 0 Å². The molecule has 16 nitrogen and oxygen atoms in total. The Balaban J connectivity index is 0.000000183. The summed E-state index contributed by atoms with van der Waals surface area (Å²) in [4.78, 5) is 71.4. The molecule has 7 rings (SSSR count). The molecule has 0 unspecified atom stereocenters. The van der Waals surface area contributed by atoms with E-state index in [-0.39, 0.29) is 34.7 Å². The van der Waals surface area contributed by atoms with Crippen molar-refractivity contribution >= 4 is 82.5 Å². The number of nitrogens with zero attached hydrogens (tertiary/aromatic N) is 8. The molecule has 4 aromatic heterocycles. The molecule has 1 saturated heterocycles. The third-order valence-corrected chi connectivity index (χ3v) is 8.14. The predicted octanol–water partition coefficient (Wildman–Crippen LogP) is 5.82. The molecule has 0 bridgehead atoms. The molecule has 4 amide bonds. The number of ether oxygens (including phenoxy) is 2. The lowest BCUT2D eigenvalue weighted by atomic mass is 10.1. The third kappa shape index (κ3) is 8.18. The van der Waals surface area contributed by atoms with Crippen molar-refractivity contribution in [1.29, 1.82) is 0 Å². The Morgan fingerprint density at radius 1 is 0.808 bits per heavy atom. The van der Waals surface area contributed by atoms with Crippen molar-refractivity contribution in [3.8, 4) is 0 Å². The summed E-state index contributed by atoms with van der Waals surface area (Å²) in [5.74, 6) is 0.0948. The first-order chi connectivity index (χ1) is 24.4. The zero-order valence-electron chi connectivity index (χ0n) is 29.3. The van der Waals surface area contributed by atoms with Crippen molar-refractivity contribution in [3.63, 3.8) is 0 Å². The van der Waals surface area contributed by atoms with Crippen LogP contribution >= 0.6 is 23.2 Å². The number of aromatic nitrogens is 6. The number of rotatable bonds is 6. The van der Waals surface area contributed by atoms with Gasteiger partial charge in [0, 0.05) is 35.4 Å². The van der Waals surface area contributed by atoms with Crippen LogP contribution in [-0.2, 0) is 19.1 Å². The minimum Gasteiger partial charge on any atom is -0.443 e. The van der Waals surface area contributed by atoms with Crippen molar-refractivity contribution < 1.29 is 33.4 Å². The van der Waals surface area contributed by atoms with Gasteiger partial charge < -0.3 is 9.47 Å². The first kappa shape index (κ1) is 36.7. The van der Waals surface area contributed by atoms with Gasteiger partial charge in [-0.3, -0.25) is 29.5 Å². The van der Waals surface area contributed by atoms with Gasteiger partial charge in [-0.05, 0) is 73.3 Å². The quantitative estimate of drug-likeness (QED) is 0.108. The summed E-state index contributed by atoms with van der Waals surface area (Å²) in [7, 11) is 0. The Labute approximate surface area is 308 Å². The SMILES string of the molecule is CC(C)(C)OC(=O)N(c1cc(Cl)nc2c(/C=C3\CC(=O)NC3=O)cnn12)C1CC1.CC(C)(C)OC(=O)N(c1cc(Cl)nc2c(C=O)cnn12)C1CC1. The Morgan fingerprint density at radius 3 is 1.63 bits per heavy atom. The van der Waals surface area contributed by atoms with Gasteiger partial charge in [0.25, 0.3) is 5.91 Å². The molecule has 52 heavy (non-hydrogen) atoms. The van der Waals surface area contributed by atoms with Crippen molar-refractivity contribution in [2.24, 2.45) is 0 Å². The van der Waals surface area contributed by atoms with Gasteiger partial charge in [-0.25, -0.2) is 19.6 Å². The van der Waals surface area contributed by atoms with E-state index in [0.29, 0.717) is 45.9 Å². The monoisotopic (exact) mass is 753 g/mol. The lowest BCUT2D eigenvalue weighted by Crippen LogP contribution is -2.39. The Morgan fingerprint density at radius 2 is 1.25 bits per heavy atom. The lowest BCUT2D eigenvalue weighted by Gasteiger charge is -2.27. The largest absolute Gasteiger partial charge is 0.443 e. The molecule has 4 aromatic rings. The molecule has 1 N–H and O–H groups in total. The van der Waals surface area contributed by atoms with Crippen LogP contribution in [0.2, 0.25) is 10.3 Å². The number of carbonyl (C=O) groups excluding carboxylic acids is 5. The first-order valence-corrected chi connectivity index (χ1v) is 17.3. The van der Waals surface area contributed by atoms with Gasteiger partial charge in [0.05, 0.1) is 24.4 Å². The number of anilines is 2. The smallest absolute Gasteiger partial charge is 0.416 e. The molecule has 0 aromatic carbocycles. The standard InChI is InChI=1S/C19H20ClN5O4.C15H17ClN4O3/c1-19(2,3)29-18(28)24(12-4-5-12)15-8-13(20)22-16-11(9-21-25(15)16)6-10-7-14(26)23-17(10)27;1-15(2,3)23-14(22)19(10-4-5-10)12-6-11(16)18-13-9(8-21)7-17-20(12)13/h6,8-9,12H,4-5,7H2,1-3H3,(H,23,26,27);6-8,10H,4-5H2,1-3H3/b10-6+;. The molecule has 3 aliphatic rings. The number of hydrogen-bond donors (Lipinski definition) is 1. The van der Waals surface area contributed by atoms with Crippen LogP contribution in [0.4, 0.5) is 21.2 Å². The van der Waals surface area contributed by atoms with E-state index >= 15 is 0 Å². The average Bonchev–Trinajstić information content (AvgIpc) is 3.93. The van der Waals surface area contributed by atoms with Crippen molar-refractivity contribution in [2.75, 3.05) is 9.80 Å². The second kappa shape index (κ2) is 13.8.